The van der Waals surface area contributed by atoms with Gasteiger partial charge in [0.1, 0.15) is 12.2 Å². The van der Waals surface area contributed by atoms with Crippen molar-refractivity contribution in [3.05, 3.63) is 17.8 Å². The quantitative estimate of drug-likeness (QED) is 0.788. The molecule has 98 valence electrons. The molecule has 0 saturated heterocycles. The first-order valence-corrected chi connectivity index (χ1v) is 5.58. The number of oxazole rings is 1. The lowest BCUT2D eigenvalue weighted by atomic mass is 10.2. The Labute approximate surface area is 98.4 Å². The molecule has 1 aromatic rings. The van der Waals surface area contributed by atoms with Gasteiger partial charge in [-0.05, 0) is 12.5 Å². The van der Waals surface area contributed by atoms with E-state index in [9.17, 15) is 13.2 Å². The van der Waals surface area contributed by atoms with E-state index in [1.807, 2.05) is 0 Å². The smallest absolute Gasteiger partial charge is 0.396 e. The van der Waals surface area contributed by atoms with Gasteiger partial charge in [-0.15, -0.1) is 0 Å². The lowest BCUT2D eigenvalue weighted by molar-refractivity contribution is -0.130. The number of hydrogen-bond donors (Lipinski definition) is 1. The van der Waals surface area contributed by atoms with E-state index in [4.69, 9.17) is 4.42 Å². The van der Waals surface area contributed by atoms with Crippen LogP contribution in [0.25, 0.3) is 0 Å². The van der Waals surface area contributed by atoms with Crippen LogP contribution in [-0.4, -0.2) is 24.2 Å². The van der Waals surface area contributed by atoms with Gasteiger partial charge >= 0.3 is 6.18 Å². The minimum atomic E-state index is -4.24. The van der Waals surface area contributed by atoms with Crippen molar-refractivity contribution in [2.45, 2.75) is 32.9 Å². The fourth-order valence-corrected chi connectivity index (χ4v) is 1.33. The molecule has 0 aliphatic heterocycles. The van der Waals surface area contributed by atoms with Crippen LogP contribution < -0.4 is 5.32 Å². The van der Waals surface area contributed by atoms with E-state index in [1.165, 1.54) is 0 Å². The van der Waals surface area contributed by atoms with Crippen molar-refractivity contribution in [1.82, 2.24) is 10.3 Å². The van der Waals surface area contributed by atoms with Gasteiger partial charge in [-0.3, -0.25) is 0 Å². The van der Waals surface area contributed by atoms with Crippen molar-refractivity contribution >= 4 is 0 Å². The number of hydrogen-bond acceptors (Lipinski definition) is 3. The summed E-state index contributed by atoms with van der Waals surface area (Å²) in [5.41, 5.74) is 0. The highest BCUT2D eigenvalue weighted by atomic mass is 19.4. The topological polar surface area (TPSA) is 38.1 Å². The summed E-state index contributed by atoms with van der Waals surface area (Å²) < 4.78 is 41.1. The van der Waals surface area contributed by atoms with Gasteiger partial charge in [0.15, 0.2) is 5.89 Å². The number of nitrogens with zero attached hydrogens (tertiary/aromatic N) is 1. The fourth-order valence-electron chi connectivity index (χ4n) is 1.33. The fraction of sp³-hybridized carbons (Fsp3) is 0.727. The molecule has 0 atom stereocenters. The Morgan fingerprint density at radius 2 is 2.12 bits per heavy atom. The molecule has 0 amide bonds. The Balaban J connectivity index is 2.31. The van der Waals surface area contributed by atoms with E-state index < -0.39 is 12.6 Å². The average Bonchev–Trinajstić information content (AvgIpc) is 2.57. The molecule has 0 aromatic carbocycles. The first-order chi connectivity index (χ1) is 7.87. The van der Waals surface area contributed by atoms with Crippen LogP contribution in [0.2, 0.25) is 0 Å². The van der Waals surface area contributed by atoms with Gasteiger partial charge in [0.2, 0.25) is 0 Å². The second kappa shape index (κ2) is 6.05. The minimum absolute atomic E-state index is 0.128. The Hall–Kier alpha value is -1.04. The van der Waals surface area contributed by atoms with Crippen molar-refractivity contribution in [1.29, 1.82) is 0 Å². The summed E-state index contributed by atoms with van der Waals surface area (Å²) in [4.78, 5) is 3.81. The Bertz CT molecular complexity index is 334. The highest BCUT2D eigenvalue weighted by molar-refractivity contribution is 4.96. The number of aromatic nitrogens is 1. The van der Waals surface area contributed by atoms with Gasteiger partial charge in [-0.1, -0.05) is 13.8 Å². The third kappa shape index (κ3) is 6.31. The summed E-state index contributed by atoms with van der Waals surface area (Å²) in [6.07, 6.45) is -3.65. The molecule has 0 saturated carbocycles. The molecule has 1 heterocycles. The second-order valence-electron chi connectivity index (χ2n) is 4.36. The molecule has 1 N–H and O–H groups in total. The van der Waals surface area contributed by atoms with Crippen molar-refractivity contribution in [2.75, 3.05) is 13.1 Å². The largest absolute Gasteiger partial charge is 0.445 e. The van der Waals surface area contributed by atoms with Gasteiger partial charge in [0.25, 0.3) is 0 Å². The van der Waals surface area contributed by atoms with Crippen LogP contribution >= 0.6 is 0 Å². The van der Waals surface area contributed by atoms with Crippen LogP contribution in [0.4, 0.5) is 13.2 Å². The van der Waals surface area contributed by atoms with Crippen molar-refractivity contribution in [3.8, 4) is 0 Å². The third-order valence-corrected chi connectivity index (χ3v) is 2.04. The summed E-state index contributed by atoms with van der Waals surface area (Å²) >= 11 is 0. The van der Waals surface area contributed by atoms with Crippen LogP contribution in [0.1, 0.15) is 25.5 Å². The number of halogens is 3. The van der Waals surface area contributed by atoms with Gasteiger partial charge in [0.05, 0.1) is 6.20 Å². The first kappa shape index (κ1) is 14.0. The maximum atomic E-state index is 12.0. The lowest BCUT2D eigenvalue weighted by Crippen LogP contribution is -2.22. The Kier molecular flexibility index (Phi) is 4.99. The monoisotopic (exact) mass is 250 g/mol. The van der Waals surface area contributed by atoms with E-state index in [1.54, 1.807) is 0 Å². The van der Waals surface area contributed by atoms with Gasteiger partial charge in [-0.2, -0.15) is 13.2 Å². The van der Waals surface area contributed by atoms with Gasteiger partial charge in [0, 0.05) is 13.0 Å². The molecule has 0 unspecified atom stereocenters. The summed E-state index contributed by atoms with van der Waals surface area (Å²) in [6.45, 7) is 5.69. The predicted molar refractivity (Wildman–Crippen MR) is 57.7 cm³/mol. The van der Waals surface area contributed by atoms with Crippen molar-refractivity contribution in [3.63, 3.8) is 0 Å². The predicted octanol–water partition coefficient (Wildman–Crippen LogP) is 2.57. The van der Waals surface area contributed by atoms with E-state index in [0.717, 1.165) is 12.7 Å². The summed E-state index contributed by atoms with van der Waals surface area (Å²) in [5.74, 6) is 0.761. The van der Waals surface area contributed by atoms with Crippen LogP contribution in [0, 0.1) is 5.92 Å². The minimum Gasteiger partial charge on any atom is -0.445 e. The zero-order chi connectivity index (χ0) is 12.9. The van der Waals surface area contributed by atoms with E-state index >= 15 is 0 Å². The Morgan fingerprint density at radius 1 is 1.41 bits per heavy atom. The normalized spacial score (nSPS) is 12.4. The molecule has 0 radical (unpaired) electrons. The number of alkyl halides is 3. The Morgan fingerprint density at radius 3 is 2.71 bits per heavy atom. The molecule has 6 heteroatoms. The molecule has 17 heavy (non-hydrogen) atoms. The number of rotatable bonds is 6. The highest BCUT2D eigenvalue weighted by Crippen LogP contribution is 2.21. The molecular weight excluding hydrogens is 233 g/mol. The molecule has 0 bridgehead atoms. The average molecular weight is 250 g/mol. The highest BCUT2D eigenvalue weighted by Gasteiger charge is 2.29. The molecule has 0 spiro atoms. The lowest BCUT2D eigenvalue weighted by Gasteiger charge is -2.05. The molecule has 1 rings (SSSR count). The first-order valence-electron chi connectivity index (χ1n) is 5.58. The van der Waals surface area contributed by atoms with Crippen LogP contribution in [0.5, 0.6) is 0 Å². The van der Waals surface area contributed by atoms with Crippen LogP contribution in [0.3, 0.4) is 0 Å². The van der Waals surface area contributed by atoms with E-state index in [2.05, 4.69) is 24.1 Å². The maximum absolute atomic E-state index is 12.0. The molecule has 3 nitrogen and oxygen atoms in total. The maximum Gasteiger partial charge on any atom is 0.396 e. The standard InChI is InChI=1S/C11H17F3N2O/c1-8(2)6-15-4-3-10-16-7-9(17-10)5-11(12,13)14/h7-8,15H,3-6H2,1-2H3. The summed E-state index contributed by atoms with van der Waals surface area (Å²) in [5, 5.41) is 3.17. The van der Waals surface area contributed by atoms with Crippen molar-refractivity contribution in [2.24, 2.45) is 5.92 Å². The third-order valence-electron chi connectivity index (χ3n) is 2.04. The molecule has 1 aromatic heterocycles. The van der Waals surface area contributed by atoms with Crippen molar-refractivity contribution < 1.29 is 17.6 Å². The SMILES string of the molecule is CC(C)CNCCc1ncc(CC(F)(F)F)o1. The van der Waals surface area contributed by atoms with Gasteiger partial charge in [-0.25, -0.2) is 4.98 Å². The zero-order valence-electron chi connectivity index (χ0n) is 9.97. The van der Waals surface area contributed by atoms with Gasteiger partial charge < -0.3 is 9.73 Å². The second-order valence-corrected chi connectivity index (χ2v) is 4.36. The number of nitrogens with one attached hydrogen (secondary N) is 1. The van der Waals surface area contributed by atoms with E-state index in [-0.39, 0.29) is 5.76 Å². The summed E-state index contributed by atoms with van der Waals surface area (Å²) in [6, 6.07) is 0. The molecule has 0 aliphatic carbocycles. The molecular formula is C11H17F3N2O. The summed E-state index contributed by atoms with van der Waals surface area (Å²) in [7, 11) is 0. The van der Waals surface area contributed by atoms with E-state index in [0.29, 0.717) is 24.8 Å². The molecule has 0 aliphatic rings. The van der Waals surface area contributed by atoms with Crippen LogP contribution in [0.15, 0.2) is 10.6 Å². The zero-order valence-corrected chi connectivity index (χ0v) is 9.97. The molecule has 0 fully saturated rings. The van der Waals surface area contributed by atoms with Crippen LogP contribution in [-0.2, 0) is 12.8 Å².